The van der Waals surface area contributed by atoms with Crippen LogP contribution in [0.15, 0.2) is 24.3 Å². The number of carbonyl (C=O) groups excluding carboxylic acids is 1. The first-order valence-corrected chi connectivity index (χ1v) is 5.14. The van der Waals surface area contributed by atoms with Gasteiger partial charge in [0, 0.05) is 0 Å². The van der Waals surface area contributed by atoms with Gasteiger partial charge in [0.1, 0.15) is 6.04 Å². The molecule has 0 aliphatic heterocycles. The summed E-state index contributed by atoms with van der Waals surface area (Å²) in [4.78, 5) is 10.9. The molecule has 0 saturated carbocycles. The summed E-state index contributed by atoms with van der Waals surface area (Å²) in [7, 11) is 0. The number of nitrogens with two attached hydrogens (primary N) is 2. The van der Waals surface area contributed by atoms with Crippen molar-refractivity contribution in [3.8, 4) is 0 Å². The van der Waals surface area contributed by atoms with E-state index in [1.807, 2.05) is 24.3 Å². The van der Waals surface area contributed by atoms with Gasteiger partial charge in [0.15, 0.2) is 0 Å². The van der Waals surface area contributed by atoms with Gasteiger partial charge in [0.2, 0.25) is 5.91 Å². The zero-order chi connectivity index (χ0) is 11.4. The molecule has 82 valence electrons. The van der Waals surface area contributed by atoms with Gasteiger partial charge >= 0.3 is 0 Å². The highest BCUT2D eigenvalue weighted by atomic mass is 16.1. The molecule has 1 amide bonds. The van der Waals surface area contributed by atoms with Gasteiger partial charge in [0.25, 0.3) is 0 Å². The van der Waals surface area contributed by atoms with E-state index in [0.29, 0.717) is 5.92 Å². The first kappa shape index (κ1) is 11.7. The van der Waals surface area contributed by atoms with Crippen molar-refractivity contribution >= 4 is 5.91 Å². The van der Waals surface area contributed by atoms with E-state index in [-0.39, 0.29) is 0 Å². The van der Waals surface area contributed by atoms with Crippen LogP contribution in [0.2, 0.25) is 0 Å². The van der Waals surface area contributed by atoms with E-state index in [0.717, 1.165) is 12.0 Å². The Balaban J connectivity index is 2.76. The number of amides is 1. The predicted molar refractivity (Wildman–Crippen MR) is 61.1 cm³/mol. The van der Waals surface area contributed by atoms with Gasteiger partial charge in [-0.15, -0.1) is 0 Å². The lowest BCUT2D eigenvalue weighted by molar-refractivity contribution is -0.119. The molecule has 0 heterocycles. The predicted octanol–water partition coefficient (Wildman–Crippen LogP) is 1.37. The minimum Gasteiger partial charge on any atom is -0.368 e. The quantitative estimate of drug-likeness (QED) is 0.781. The number of hydrogen-bond donors (Lipinski definition) is 2. The van der Waals surface area contributed by atoms with Crippen molar-refractivity contribution in [2.24, 2.45) is 17.4 Å². The summed E-state index contributed by atoms with van der Waals surface area (Å²) in [5.74, 6) is 0.132. The minimum absolute atomic E-state index is 0.494. The molecule has 1 aromatic carbocycles. The summed E-state index contributed by atoms with van der Waals surface area (Å²) in [6.45, 7) is 4.34. The van der Waals surface area contributed by atoms with Gasteiger partial charge in [-0.1, -0.05) is 38.1 Å². The Kier molecular flexibility index (Phi) is 3.86. The third kappa shape index (κ3) is 3.36. The standard InChI is InChI=1S/C12H18N2O/c1-8(2)7-9-3-5-10(6-4-9)11(13)12(14)15/h3-6,8,11H,7,13H2,1-2H3,(H2,14,15). The second kappa shape index (κ2) is 4.94. The lowest BCUT2D eigenvalue weighted by atomic mass is 9.99. The normalized spacial score (nSPS) is 12.8. The van der Waals surface area contributed by atoms with E-state index in [4.69, 9.17) is 11.5 Å². The van der Waals surface area contributed by atoms with Crippen molar-refractivity contribution in [1.29, 1.82) is 0 Å². The zero-order valence-corrected chi connectivity index (χ0v) is 9.23. The molecule has 3 heteroatoms. The average molecular weight is 206 g/mol. The van der Waals surface area contributed by atoms with Crippen LogP contribution in [-0.4, -0.2) is 5.91 Å². The van der Waals surface area contributed by atoms with Crippen LogP contribution < -0.4 is 11.5 Å². The molecule has 0 bridgehead atoms. The highest BCUT2D eigenvalue weighted by Gasteiger charge is 2.11. The third-order valence-electron chi connectivity index (χ3n) is 2.29. The van der Waals surface area contributed by atoms with Crippen LogP contribution in [-0.2, 0) is 11.2 Å². The Hall–Kier alpha value is -1.35. The van der Waals surface area contributed by atoms with Crippen molar-refractivity contribution in [2.75, 3.05) is 0 Å². The van der Waals surface area contributed by atoms with Crippen LogP contribution in [0.3, 0.4) is 0 Å². The molecule has 1 aromatic rings. The molecule has 1 unspecified atom stereocenters. The molecule has 1 atom stereocenters. The fourth-order valence-corrected chi connectivity index (χ4v) is 1.50. The Morgan fingerprint density at radius 3 is 2.20 bits per heavy atom. The summed E-state index contributed by atoms with van der Waals surface area (Å²) >= 11 is 0. The number of carbonyl (C=O) groups is 1. The SMILES string of the molecule is CC(C)Cc1ccc(C(N)C(N)=O)cc1. The Labute approximate surface area is 90.5 Å². The molecular formula is C12H18N2O. The van der Waals surface area contributed by atoms with E-state index >= 15 is 0 Å². The number of rotatable bonds is 4. The van der Waals surface area contributed by atoms with Crippen molar-refractivity contribution in [3.63, 3.8) is 0 Å². The maximum atomic E-state index is 10.9. The number of primary amides is 1. The van der Waals surface area contributed by atoms with E-state index < -0.39 is 11.9 Å². The summed E-state index contributed by atoms with van der Waals surface area (Å²) in [6.07, 6.45) is 1.03. The van der Waals surface area contributed by atoms with Gasteiger partial charge in [-0.25, -0.2) is 0 Å². The van der Waals surface area contributed by atoms with Gasteiger partial charge in [0.05, 0.1) is 0 Å². The first-order chi connectivity index (χ1) is 7.00. The number of hydrogen-bond acceptors (Lipinski definition) is 2. The van der Waals surface area contributed by atoms with E-state index in [2.05, 4.69) is 13.8 Å². The second-order valence-electron chi connectivity index (χ2n) is 4.22. The fourth-order valence-electron chi connectivity index (χ4n) is 1.50. The van der Waals surface area contributed by atoms with Crippen LogP contribution in [0.1, 0.15) is 31.0 Å². The van der Waals surface area contributed by atoms with E-state index in [9.17, 15) is 4.79 Å². The largest absolute Gasteiger partial charge is 0.368 e. The highest BCUT2D eigenvalue weighted by molar-refractivity contribution is 5.81. The topological polar surface area (TPSA) is 69.1 Å². The summed E-state index contributed by atoms with van der Waals surface area (Å²) in [6, 6.07) is 7.04. The number of benzene rings is 1. The molecule has 1 rings (SSSR count). The Morgan fingerprint density at radius 1 is 1.27 bits per heavy atom. The Morgan fingerprint density at radius 2 is 1.80 bits per heavy atom. The van der Waals surface area contributed by atoms with Gasteiger partial charge in [-0.3, -0.25) is 4.79 Å². The van der Waals surface area contributed by atoms with Crippen molar-refractivity contribution in [3.05, 3.63) is 35.4 Å². The summed E-state index contributed by atoms with van der Waals surface area (Å²) in [5, 5.41) is 0. The minimum atomic E-state index is -0.696. The van der Waals surface area contributed by atoms with Gasteiger partial charge in [-0.05, 0) is 23.5 Å². The molecule has 0 aliphatic carbocycles. The molecule has 0 spiro atoms. The maximum absolute atomic E-state index is 10.9. The van der Waals surface area contributed by atoms with Crippen LogP contribution >= 0.6 is 0 Å². The monoisotopic (exact) mass is 206 g/mol. The average Bonchev–Trinajstić information content (AvgIpc) is 2.17. The Bertz CT molecular complexity index is 330. The smallest absolute Gasteiger partial charge is 0.238 e. The van der Waals surface area contributed by atoms with Crippen molar-refractivity contribution in [2.45, 2.75) is 26.3 Å². The molecule has 3 nitrogen and oxygen atoms in total. The van der Waals surface area contributed by atoms with E-state index in [1.165, 1.54) is 5.56 Å². The maximum Gasteiger partial charge on any atom is 0.238 e. The molecule has 0 fully saturated rings. The lowest BCUT2D eigenvalue weighted by Gasteiger charge is -2.09. The third-order valence-corrected chi connectivity index (χ3v) is 2.29. The molecule has 0 aromatic heterocycles. The molecule has 0 aliphatic rings. The molecule has 0 saturated heterocycles. The fraction of sp³-hybridized carbons (Fsp3) is 0.417. The molecular weight excluding hydrogens is 188 g/mol. The van der Waals surface area contributed by atoms with Crippen LogP contribution in [0.25, 0.3) is 0 Å². The second-order valence-corrected chi connectivity index (χ2v) is 4.22. The van der Waals surface area contributed by atoms with Crippen LogP contribution in [0.4, 0.5) is 0 Å². The van der Waals surface area contributed by atoms with Crippen LogP contribution in [0, 0.1) is 5.92 Å². The lowest BCUT2D eigenvalue weighted by Crippen LogP contribution is -2.28. The summed E-state index contributed by atoms with van der Waals surface area (Å²) in [5.41, 5.74) is 12.8. The molecule has 0 radical (unpaired) electrons. The first-order valence-electron chi connectivity index (χ1n) is 5.14. The highest BCUT2D eigenvalue weighted by Crippen LogP contribution is 2.13. The van der Waals surface area contributed by atoms with Crippen molar-refractivity contribution < 1.29 is 4.79 Å². The van der Waals surface area contributed by atoms with E-state index in [1.54, 1.807) is 0 Å². The van der Waals surface area contributed by atoms with Crippen LogP contribution in [0.5, 0.6) is 0 Å². The zero-order valence-electron chi connectivity index (χ0n) is 9.23. The molecule has 15 heavy (non-hydrogen) atoms. The van der Waals surface area contributed by atoms with Crippen molar-refractivity contribution in [1.82, 2.24) is 0 Å². The van der Waals surface area contributed by atoms with Gasteiger partial charge < -0.3 is 11.5 Å². The van der Waals surface area contributed by atoms with Gasteiger partial charge in [-0.2, -0.15) is 0 Å². The summed E-state index contributed by atoms with van der Waals surface area (Å²) < 4.78 is 0. The molecule has 4 N–H and O–H groups in total.